The van der Waals surface area contributed by atoms with E-state index in [1.54, 1.807) is 11.3 Å². The van der Waals surface area contributed by atoms with Crippen LogP contribution in [0.1, 0.15) is 31.0 Å². The zero-order chi connectivity index (χ0) is 11.5. The molecule has 0 unspecified atom stereocenters. The van der Waals surface area contributed by atoms with Gasteiger partial charge in [-0.3, -0.25) is 0 Å². The lowest BCUT2D eigenvalue weighted by molar-refractivity contribution is 0.834. The van der Waals surface area contributed by atoms with Gasteiger partial charge in [0.1, 0.15) is 5.01 Å². The molecule has 1 aromatic carbocycles. The van der Waals surface area contributed by atoms with E-state index in [9.17, 15) is 0 Å². The molecule has 2 aromatic rings. The number of rotatable bonds is 3. The van der Waals surface area contributed by atoms with E-state index in [4.69, 9.17) is 5.73 Å². The van der Waals surface area contributed by atoms with Crippen LogP contribution in [-0.2, 0) is 6.54 Å². The highest BCUT2D eigenvalue weighted by atomic mass is 32.1. The Kier molecular flexibility index (Phi) is 3.36. The summed E-state index contributed by atoms with van der Waals surface area (Å²) in [7, 11) is 0. The highest BCUT2D eigenvalue weighted by molar-refractivity contribution is 7.13. The second kappa shape index (κ2) is 4.76. The first-order valence-corrected chi connectivity index (χ1v) is 6.33. The molecule has 2 rings (SSSR count). The van der Waals surface area contributed by atoms with Gasteiger partial charge in [-0.25, -0.2) is 4.98 Å². The number of hydrogen-bond acceptors (Lipinski definition) is 3. The van der Waals surface area contributed by atoms with Crippen molar-refractivity contribution in [2.45, 2.75) is 26.3 Å². The summed E-state index contributed by atoms with van der Waals surface area (Å²) in [5, 5.41) is 3.22. The molecule has 0 aliphatic rings. The van der Waals surface area contributed by atoms with Crippen LogP contribution >= 0.6 is 11.3 Å². The summed E-state index contributed by atoms with van der Waals surface area (Å²) in [6.45, 7) is 4.90. The normalized spacial score (nSPS) is 11.0. The molecular weight excluding hydrogens is 216 g/mol. The van der Waals surface area contributed by atoms with E-state index in [2.05, 4.69) is 36.3 Å². The first-order chi connectivity index (χ1) is 7.70. The van der Waals surface area contributed by atoms with Crippen molar-refractivity contribution in [3.63, 3.8) is 0 Å². The number of thiazole rings is 1. The summed E-state index contributed by atoms with van der Waals surface area (Å²) in [5.41, 5.74) is 9.12. The van der Waals surface area contributed by atoms with Gasteiger partial charge in [0.25, 0.3) is 0 Å². The van der Waals surface area contributed by atoms with Crippen LogP contribution in [0.5, 0.6) is 0 Å². The van der Waals surface area contributed by atoms with Gasteiger partial charge in [0.05, 0.1) is 5.69 Å². The van der Waals surface area contributed by atoms with E-state index in [-0.39, 0.29) is 0 Å². The number of benzene rings is 1. The average molecular weight is 232 g/mol. The molecule has 0 fully saturated rings. The van der Waals surface area contributed by atoms with Crippen molar-refractivity contribution in [3.05, 3.63) is 40.9 Å². The van der Waals surface area contributed by atoms with Crippen LogP contribution in [0.3, 0.4) is 0 Å². The third kappa shape index (κ3) is 2.31. The second-order valence-corrected chi connectivity index (χ2v) is 4.99. The molecule has 0 atom stereocenters. The maximum atomic E-state index is 5.63. The van der Waals surface area contributed by atoms with Crippen LogP contribution in [0, 0.1) is 0 Å². The quantitative estimate of drug-likeness (QED) is 0.881. The SMILES string of the molecule is CC(C)c1csc(-c2cccc(CN)c2)n1. The van der Waals surface area contributed by atoms with E-state index in [1.807, 2.05) is 12.1 Å². The Labute approximate surface area is 100 Å². The van der Waals surface area contributed by atoms with Gasteiger partial charge in [0.2, 0.25) is 0 Å². The largest absolute Gasteiger partial charge is 0.326 e. The van der Waals surface area contributed by atoms with Gasteiger partial charge < -0.3 is 5.73 Å². The lowest BCUT2D eigenvalue weighted by atomic mass is 10.1. The number of aromatic nitrogens is 1. The molecule has 2 N–H and O–H groups in total. The van der Waals surface area contributed by atoms with Crippen molar-refractivity contribution in [2.24, 2.45) is 5.73 Å². The molecule has 16 heavy (non-hydrogen) atoms. The van der Waals surface area contributed by atoms with Gasteiger partial charge in [-0.1, -0.05) is 32.0 Å². The predicted octanol–water partition coefficient (Wildman–Crippen LogP) is 3.39. The van der Waals surface area contributed by atoms with Crippen LogP contribution < -0.4 is 5.73 Å². The Balaban J connectivity index is 2.34. The Morgan fingerprint density at radius 2 is 2.19 bits per heavy atom. The minimum Gasteiger partial charge on any atom is -0.326 e. The van der Waals surface area contributed by atoms with Crippen LogP contribution in [0.25, 0.3) is 10.6 Å². The van der Waals surface area contributed by atoms with Gasteiger partial charge in [-0.05, 0) is 17.5 Å². The molecule has 3 heteroatoms. The molecular formula is C13H16N2S. The molecule has 0 saturated carbocycles. The van der Waals surface area contributed by atoms with Crippen molar-refractivity contribution in [1.29, 1.82) is 0 Å². The van der Waals surface area contributed by atoms with E-state index < -0.39 is 0 Å². The lowest BCUT2D eigenvalue weighted by Crippen LogP contribution is -1.95. The van der Waals surface area contributed by atoms with E-state index in [0.717, 1.165) is 16.3 Å². The zero-order valence-electron chi connectivity index (χ0n) is 9.60. The first-order valence-electron chi connectivity index (χ1n) is 5.45. The van der Waals surface area contributed by atoms with E-state index in [0.29, 0.717) is 12.5 Å². The van der Waals surface area contributed by atoms with Gasteiger partial charge in [-0.2, -0.15) is 0 Å². The molecule has 0 radical (unpaired) electrons. The molecule has 0 aliphatic carbocycles. The topological polar surface area (TPSA) is 38.9 Å². The molecule has 0 spiro atoms. The van der Waals surface area contributed by atoms with Crippen molar-refractivity contribution >= 4 is 11.3 Å². The Bertz CT molecular complexity index is 474. The summed E-state index contributed by atoms with van der Waals surface area (Å²) >= 11 is 1.70. The van der Waals surface area contributed by atoms with Crippen molar-refractivity contribution in [3.8, 4) is 10.6 Å². The maximum absolute atomic E-state index is 5.63. The number of nitrogens with zero attached hydrogens (tertiary/aromatic N) is 1. The van der Waals surface area contributed by atoms with Crippen LogP contribution in [0.2, 0.25) is 0 Å². The fourth-order valence-corrected chi connectivity index (χ4v) is 2.49. The molecule has 2 nitrogen and oxygen atoms in total. The van der Waals surface area contributed by atoms with Gasteiger partial charge in [-0.15, -0.1) is 11.3 Å². The Hall–Kier alpha value is -1.19. The monoisotopic (exact) mass is 232 g/mol. The molecule has 0 bridgehead atoms. The van der Waals surface area contributed by atoms with E-state index in [1.165, 1.54) is 5.56 Å². The average Bonchev–Trinajstić information content (AvgIpc) is 2.78. The fraction of sp³-hybridized carbons (Fsp3) is 0.308. The molecule has 0 aliphatic heterocycles. The molecule has 0 saturated heterocycles. The molecule has 1 heterocycles. The highest BCUT2D eigenvalue weighted by Gasteiger charge is 2.07. The summed E-state index contributed by atoms with van der Waals surface area (Å²) in [6, 6.07) is 8.28. The smallest absolute Gasteiger partial charge is 0.123 e. The molecule has 0 amide bonds. The lowest BCUT2D eigenvalue weighted by Gasteiger charge is -2.00. The first kappa shape index (κ1) is 11.3. The third-order valence-electron chi connectivity index (χ3n) is 2.52. The van der Waals surface area contributed by atoms with E-state index >= 15 is 0 Å². The Morgan fingerprint density at radius 1 is 1.38 bits per heavy atom. The highest BCUT2D eigenvalue weighted by Crippen LogP contribution is 2.27. The van der Waals surface area contributed by atoms with Crippen LogP contribution in [0.15, 0.2) is 29.6 Å². The zero-order valence-corrected chi connectivity index (χ0v) is 10.4. The minimum absolute atomic E-state index is 0.489. The number of nitrogens with two attached hydrogens (primary N) is 1. The fourth-order valence-electron chi connectivity index (χ4n) is 1.52. The Morgan fingerprint density at radius 3 is 2.81 bits per heavy atom. The van der Waals surface area contributed by atoms with Gasteiger partial charge >= 0.3 is 0 Å². The number of hydrogen-bond donors (Lipinski definition) is 1. The van der Waals surface area contributed by atoms with Crippen molar-refractivity contribution in [1.82, 2.24) is 4.98 Å². The van der Waals surface area contributed by atoms with Crippen LogP contribution in [0.4, 0.5) is 0 Å². The summed E-state index contributed by atoms with van der Waals surface area (Å²) in [5.74, 6) is 0.489. The maximum Gasteiger partial charge on any atom is 0.123 e. The second-order valence-electron chi connectivity index (χ2n) is 4.14. The molecule has 84 valence electrons. The standard InChI is InChI=1S/C13H16N2S/c1-9(2)12-8-16-13(15-12)11-5-3-4-10(6-11)7-14/h3-6,8-9H,7,14H2,1-2H3. The van der Waals surface area contributed by atoms with Crippen LogP contribution in [-0.4, -0.2) is 4.98 Å². The van der Waals surface area contributed by atoms with Crippen molar-refractivity contribution < 1.29 is 0 Å². The van der Waals surface area contributed by atoms with Gasteiger partial charge in [0.15, 0.2) is 0 Å². The van der Waals surface area contributed by atoms with Crippen molar-refractivity contribution in [2.75, 3.05) is 0 Å². The summed E-state index contributed by atoms with van der Waals surface area (Å²) < 4.78 is 0. The predicted molar refractivity (Wildman–Crippen MR) is 69.5 cm³/mol. The summed E-state index contributed by atoms with van der Waals surface area (Å²) in [6.07, 6.45) is 0. The summed E-state index contributed by atoms with van der Waals surface area (Å²) in [4.78, 5) is 4.63. The van der Waals surface area contributed by atoms with Gasteiger partial charge in [0, 0.05) is 17.5 Å². The third-order valence-corrected chi connectivity index (χ3v) is 3.43. The molecule has 1 aromatic heterocycles. The minimum atomic E-state index is 0.489.